The van der Waals surface area contributed by atoms with E-state index >= 15 is 0 Å². The topological polar surface area (TPSA) is 248 Å². The molecule has 13 heteroatoms. The van der Waals surface area contributed by atoms with Crippen LogP contribution in [0.25, 0.3) is 0 Å². The second-order valence-corrected chi connectivity index (χ2v) is 9.15. The van der Waals surface area contributed by atoms with Crippen LogP contribution in [0.1, 0.15) is 19.8 Å². The molecular formula is C19H39N5O8. The van der Waals surface area contributed by atoms with Crippen LogP contribution >= 0.6 is 0 Å². The van der Waals surface area contributed by atoms with Crippen LogP contribution in [-0.2, 0) is 18.9 Å². The second kappa shape index (κ2) is 10.8. The summed E-state index contributed by atoms with van der Waals surface area (Å²) in [5.41, 5.74) is 30.1. The van der Waals surface area contributed by atoms with E-state index in [1.165, 1.54) is 0 Å². The van der Waals surface area contributed by atoms with Gasteiger partial charge in [0.05, 0.1) is 31.0 Å². The van der Waals surface area contributed by atoms with Crippen LogP contribution in [0.5, 0.6) is 0 Å². The Balaban J connectivity index is 1.70. The molecule has 2 saturated heterocycles. The molecule has 0 aromatic heterocycles. The number of hydrogen-bond acceptors (Lipinski definition) is 13. The van der Waals surface area contributed by atoms with Gasteiger partial charge in [-0.2, -0.15) is 0 Å². The predicted molar refractivity (Wildman–Crippen MR) is 112 cm³/mol. The van der Waals surface area contributed by atoms with E-state index in [1.54, 1.807) is 6.92 Å². The van der Waals surface area contributed by atoms with E-state index in [0.29, 0.717) is 0 Å². The zero-order valence-corrected chi connectivity index (χ0v) is 18.2. The van der Waals surface area contributed by atoms with E-state index in [4.69, 9.17) is 47.6 Å². The fourth-order valence-corrected chi connectivity index (χ4v) is 4.64. The zero-order valence-electron chi connectivity index (χ0n) is 18.2. The van der Waals surface area contributed by atoms with Gasteiger partial charge in [0.1, 0.15) is 24.4 Å². The molecule has 14 N–H and O–H groups in total. The third-order valence-corrected chi connectivity index (χ3v) is 6.83. The first-order valence-corrected chi connectivity index (χ1v) is 11.1. The Morgan fingerprint density at radius 1 is 0.812 bits per heavy atom. The van der Waals surface area contributed by atoms with Crippen LogP contribution in [0, 0.1) is 5.92 Å². The fourth-order valence-electron chi connectivity index (χ4n) is 4.64. The minimum Gasteiger partial charge on any atom is -0.394 e. The molecule has 3 rings (SSSR count). The molecule has 0 radical (unpaired) electrons. The van der Waals surface area contributed by atoms with Crippen molar-refractivity contribution < 1.29 is 39.4 Å². The maximum atomic E-state index is 11.0. The van der Waals surface area contributed by atoms with Crippen molar-refractivity contribution in [1.29, 1.82) is 0 Å². The summed E-state index contributed by atoms with van der Waals surface area (Å²) in [7, 11) is 0. The van der Waals surface area contributed by atoms with E-state index < -0.39 is 79.5 Å². The van der Waals surface area contributed by atoms with Gasteiger partial charge in [0.25, 0.3) is 0 Å². The van der Waals surface area contributed by atoms with Crippen molar-refractivity contribution >= 4 is 0 Å². The Labute approximate surface area is 187 Å². The van der Waals surface area contributed by atoms with Crippen LogP contribution in [0.4, 0.5) is 0 Å². The molecule has 13 nitrogen and oxygen atoms in total. The lowest BCUT2D eigenvalue weighted by molar-refractivity contribution is -0.309. The van der Waals surface area contributed by atoms with Gasteiger partial charge in [0, 0.05) is 30.6 Å². The molecule has 188 valence electrons. The molecule has 0 aromatic rings. The molecule has 1 saturated carbocycles. The van der Waals surface area contributed by atoms with Gasteiger partial charge in [0.2, 0.25) is 0 Å². The number of hydrogen-bond donors (Lipinski definition) is 9. The average Bonchev–Trinajstić information content (AvgIpc) is 2.75. The maximum Gasteiger partial charge on any atom is 0.185 e. The minimum absolute atomic E-state index is 0.0746. The summed E-state index contributed by atoms with van der Waals surface area (Å²) in [5, 5.41) is 41.1. The predicted octanol–water partition coefficient (Wildman–Crippen LogP) is -5.02. The van der Waals surface area contributed by atoms with E-state index in [0.717, 1.165) is 0 Å². The SMILES string of the molecule is C[C@H]1[C@H](N)[C@@H](O)[C@@H](O[C@@H]2[C@@H](O)[C@H](O[C@H]3O[C@H](CN)[C@@H](O)C[C@H]3N)[C@@H](N)C[C@H]2N)O[C@@H]1CO. The third-order valence-electron chi connectivity index (χ3n) is 6.83. The molecule has 0 unspecified atom stereocenters. The largest absolute Gasteiger partial charge is 0.394 e. The average molecular weight is 466 g/mol. The van der Waals surface area contributed by atoms with Gasteiger partial charge >= 0.3 is 0 Å². The molecule has 0 amide bonds. The van der Waals surface area contributed by atoms with E-state index in [-0.39, 0.29) is 31.9 Å². The van der Waals surface area contributed by atoms with Crippen LogP contribution in [0.3, 0.4) is 0 Å². The Morgan fingerprint density at radius 3 is 1.94 bits per heavy atom. The number of nitrogens with two attached hydrogens (primary N) is 5. The van der Waals surface area contributed by atoms with Gasteiger partial charge in [-0.25, -0.2) is 0 Å². The van der Waals surface area contributed by atoms with Crippen LogP contribution in [0.2, 0.25) is 0 Å². The normalized spacial score (nSPS) is 52.7. The number of aliphatic hydroxyl groups is 4. The highest BCUT2D eigenvalue weighted by Gasteiger charge is 2.49. The summed E-state index contributed by atoms with van der Waals surface area (Å²) >= 11 is 0. The van der Waals surface area contributed by atoms with Crippen molar-refractivity contribution in [2.24, 2.45) is 34.6 Å². The lowest BCUT2D eigenvalue weighted by Crippen LogP contribution is -2.67. The molecule has 0 spiro atoms. The summed E-state index contributed by atoms with van der Waals surface area (Å²) in [6.45, 7) is 1.53. The first kappa shape index (κ1) is 26.1. The fraction of sp³-hybridized carbons (Fsp3) is 1.00. The molecule has 14 atom stereocenters. The van der Waals surface area contributed by atoms with E-state index in [9.17, 15) is 20.4 Å². The van der Waals surface area contributed by atoms with Crippen LogP contribution in [-0.4, -0.2) is 113 Å². The van der Waals surface area contributed by atoms with Crippen molar-refractivity contribution in [3.8, 4) is 0 Å². The third kappa shape index (κ3) is 5.25. The maximum absolute atomic E-state index is 11.0. The molecule has 32 heavy (non-hydrogen) atoms. The number of ether oxygens (including phenoxy) is 4. The Kier molecular flexibility index (Phi) is 8.82. The molecule has 3 aliphatic rings. The molecule has 0 bridgehead atoms. The van der Waals surface area contributed by atoms with Crippen molar-refractivity contribution in [2.75, 3.05) is 13.2 Å². The molecule has 2 aliphatic heterocycles. The zero-order chi connectivity index (χ0) is 23.7. The summed E-state index contributed by atoms with van der Waals surface area (Å²) in [6.07, 6.45) is -8.26. The monoisotopic (exact) mass is 465 g/mol. The highest BCUT2D eigenvalue weighted by Crippen LogP contribution is 2.31. The van der Waals surface area contributed by atoms with E-state index in [1.807, 2.05) is 0 Å². The molecular weight excluding hydrogens is 426 g/mol. The Bertz CT molecular complexity index is 606. The summed E-state index contributed by atoms with van der Waals surface area (Å²) < 4.78 is 23.1. The van der Waals surface area contributed by atoms with Crippen LogP contribution < -0.4 is 28.7 Å². The first-order chi connectivity index (χ1) is 15.1. The molecule has 1 aliphatic carbocycles. The van der Waals surface area contributed by atoms with Crippen molar-refractivity contribution in [2.45, 2.75) is 99.2 Å². The smallest absolute Gasteiger partial charge is 0.185 e. The second-order valence-electron chi connectivity index (χ2n) is 9.15. The Hall–Kier alpha value is -0.520. The number of rotatable bonds is 6. The van der Waals surface area contributed by atoms with E-state index in [2.05, 4.69) is 0 Å². The van der Waals surface area contributed by atoms with Crippen molar-refractivity contribution in [1.82, 2.24) is 0 Å². The lowest BCUT2D eigenvalue weighted by atomic mass is 9.84. The van der Waals surface area contributed by atoms with Gasteiger partial charge < -0.3 is 68.0 Å². The lowest BCUT2D eigenvalue weighted by Gasteiger charge is -2.48. The highest BCUT2D eigenvalue weighted by atomic mass is 16.7. The number of aliphatic hydroxyl groups excluding tert-OH is 4. The van der Waals surface area contributed by atoms with Crippen molar-refractivity contribution in [3.63, 3.8) is 0 Å². The highest BCUT2D eigenvalue weighted by molar-refractivity contribution is 5.00. The standard InChI is InChI=1S/C19H39N5O8/c1-6-12(5-25)30-19(14(27)13(6)24)32-17-8(22)2-7(21)16(15(17)28)31-18-9(23)3-10(26)11(4-20)29-18/h6-19,25-28H,2-5,20-24H2,1H3/t6-,7+,8-,9-,10+,11-,12-,13+,14-,15+,16-,17+,18-,19-/m1/s1. The van der Waals surface area contributed by atoms with Gasteiger partial charge in [-0.1, -0.05) is 6.92 Å². The van der Waals surface area contributed by atoms with Gasteiger partial charge in [-0.05, 0) is 12.8 Å². The summed E-state index contributed by atoms with van der Waals surface area (Å²) in [6, 6.07) is -2.69. The first-order valence-electron chi connectivity index (χ1n) is 11.1. The molecule has 2 heterocycles. The Morgan fingerprint density at radius 2 is 1.38 bits per heavy atom. The molecule has 0 aromatic carbocycles. The minimum atomic E-state index is -1.30. The van der Waals surface area contributed by atoms with Gasteiger partial charge in [-0.15, -0.1) is 0 Å². The van der Waals surface area contributed by atoms with Crippen LogP contribution in [0.15, 0.2) is 0 Å². The summed E-state index contributed by atoms with van der Waals surface area (Å²) in [4.78, 5) is 0. The van der Waals surface area contributed by atoms with Gasteiger partial charge in [0.15, 0.2) is 12.6 Å². The summed E-state index contributed by atoms with van der Waals surface area (Å²) in [5.74, 6) is -0.305. The van der Waals surface area contributed by atoms with Crippen molar-refractivity contribution in [3.05, 3.63) is 0 Å². The van der Waals surface area contributed by atoms with Gasteiger partial charge in [-0.3, -0.25) is 0 Å². The molecule has 3 fully saturated rings. The quantitative estimate of drug-likeness (QED) is 0.178.